The fourth-order valence-electron chi connectivity index (χ4n) is 3.54. The van der Waals surface area contributed by atoms with Crippen LogP contribution in [0.3, 0.4) is 0 Å². The Balaban J connectivity index is 0.00000225. The normalized spacial score (nSPS) is 15.2. The zero-order valence-electron chi connectivity index (χ0n) is 17.2. The van der Waals surface area contributed by atoms with Crippen LogP contribution in [0.1, 0.15) is 17.5 Å². The van der Waals surface area contributed by atoms with Crippen LogP contribution in [0.5, 0.6) is 0 Å². The van der Waals surface area contributed by atoms with Crippen molar-refractivity contribution in [2.75, 3.05) is 44.8 Å². The van der Waals surface area contributed by atoms with E-state index in [1.165, 1.54) is 5.56 Å². The van der Waals surface area contributed by atoms with Crippen LogP contribution in [0.4, 0.5) is 5.69 Å². The SMILES string of the molecule is COCC(=O)N1CCCN(Cc2ccccc2)CCNCc2ccc(Cl)cc21.Cl.Cl. The van der Waals surface area contributed by atoms with Crippen LogP contribution < -0.4 is 10.2 Å². The van der Waals surface area contributed by atoms with E-state index in [2.05, 4.69) is 34.5 Å². The van der Waals surface area contributed by atoms with Crippen LogP contribution >= 0.6 is 36.4 Å². The largest absolute Gasteiger partial charge is 0.375 e. The van der Waals surface area contributed by atoms with Crippen molar-refractivity contribution in [2.24, 2.45) is 0 Å². The van der Waals surface area contributed by atoms with Crippen molar-refractivity contribution in [3.05, 3.63) is 64.7 Å². The molecule has 1 aliphatic heterocycles. The summed E-state index contributed by atoms with van der Waals surface area (Å²) < 4.78 is 5.10. The van der Waals surface area contributed by atoms with Gasteiger partial charge in [0.2, 0.25) is 0 Å². The molecule has 1 heterocycles. The maximum Gasteiger partial charge on any atom is 0.252 e. The summed E-state index contributed by atoms with van der Waals surface area (Å²) in [6.45, 7) is 5.08. The van der Waals surface area contributed by atoms with Gasteiger partial charge < -0.3 is 15.0 Å². The van der Waals surface area contributed by atoms with E-state index in [4.69, 9.17) is 16.3 Å². The number of nitrogens with one attached hydrogen (secondary N) is 1. The van der Waals surface area contributed by atoms with Gasteiger partial charge in [0.1, 0.15) is 6.61 Å². The van der Waals surface area contributed by atoms with Crippen molar-refractivity contribution < 1.29 is 9.53 Å². The van der Waals surface area contributed by atoms with Gasteiger partial charge in [0.05, 0.1) is 0 Å². The van der Waals surface area contributed by atoms with E-state index in [1.54, 1.807) is 7.11 Å². The number of carbonyl (C=O) groups is 1. The smallest absolute Gasteiger partial charge is 0.252 e. The van der Waals surface area contributed by atoms with Gasteiger partial charge in [-0.2, -0.15) is 0 Å². The predicted octanol–water partition coefficient (Wildman–Crippen LogP) is 4.16. The number of amides is 1. The Morgan fingerprint density at radius 3 is 2.60 bits per heavy atom. The predicted molar refractivity (Wildman–Crippen MR) is 128 cm³/mol. The molecule has 0 radical (unpaired) electrons. The molecule has 0 unspecified atom stereocenters. The fraction of sp³-hybridized carbons (Fsp3) is 0.409. The molecule has 1 aliphatic rings. The highest BCUT2D eigenvalue weighted by Crippen LogP contribution is 2.26. The second-order valence-corrected chi connectivity index (χ2v) is 7.48. The maximum absolute atomic E-state index is 12.7. The number of hydrogen-bond donors (Lipinski definition) is 1. The van der Waals surface area contributed by atoms with Crippen LogP contribution in [-0.4, -0.2) is 50.7 Å². The molecule has 0 saturated carbocycles. The summed E-state index contributed by atoms with van der Waals surface area (Å²) in [4.78, 5) is 17.0. The molecule has 0 fully saturated rings. The van der Waals surface area contributed by atoms with Crippen molar-refractivity contribution in [3.8, 4) is 0 Å². The zero-order chi connectivity index (χ0) is 19.8. The Kier molecular flexibility index (Phi) is 12.3. The topological polar surface area (TPSA) is 44.8 Å². The first-order chi connectivity index (χ1) is 13.7. The van der Waals surface area contributed by atoms with Crippen molar-refractivity contribution in [1.82, 2.24) is 10.2 Å². The molecule has 0 atom stereocenters. The second-order valence-electron chi connectivity index (χ2n) is 7.04. The molecule has 5 nitrogen and oxygen atoms in total. The summed E-state index contributed by atoms with van der Waals surface area (Å²) in [5.41, 5.74) is 3.25. The van der Waals surface area contributed by atoms with E-state index in [-0.39, 0.29) is 37.3 Å². The molecule has 0 aromatic heterocycles. The third-order valence-corrected chi connectivity index (χ3v) is 5.17. The first-order valence-corrected chi connectivity index (χ1v) is 10.1. The van der Waals surface area contributed by atoms with Gasteiger partial charge in [0, 0.05) is 57.1 Å². The van der Waals surface area contributed by atoms with Crippen molar-refractivity contribution in [1.29, 1.82) is 0 Å². The van der Waals surface area contributed by atoms with Crippen LogP contribution in [0, 0.1) is 0 Å². The number of halogens is 3. The Bertz CT molecular complexity index is 777. The standard InChI is InChI=1S/C22H28ClN3O2.2ClH/c1-28-17-22(27)26-12-5-11-25(16-18-6-3-2-4-7-18)13-10-24-15-19-8-9-20(23)14-21(19)26;;/h2-4,6-9,14,24H,5,10-13,15-17H2,1H3;2*1H. The number of ether oxygens (including phenoxy) is 1. The molecule has 0 spiro atoms. The highest BCUT2D eigenvalue weighted by molar-refractivity contribution is 6.31. The number of fused-ring (bicyclic) bond motifs is 1. The highest BCUT2D eigenvalue weighted by atomic mass is 35.5. The summed E-state index contributed by atoms with van der Waals surface area (Å²) in [7, 11) is 1.55. The third kappa shape index (κ3) is 7.73. The van der Waals surface area contributed by atoms with Gasteiger partial charge in [-0.3, -0.25) is 9.69 Å². The molecular formula is C22H30Cl3N3O2. The number of carbonyl (C=O) groups excluding carboxylic acids is 1. The van der Waals surface area contributed by atoms with Gasteiger partial charge in [-0.05, 0) is 29.7 Å². The van der Waals surface area contributed by atoms with Gasteiger partial charge >= 0.3 is 0 Å². The van der Waals surface area contributed by atoms with E-state index >= 15 is 0 Å². The minimum atomic E-state index is -0.0418. The number of anilines is 1. The Morgan fingerprint density at radius 1 is 1.10 bits per heavy atom. The van der Waals surface area contributed by atoms with Crippen LogP contribution in [0.2, 0.25) is 5.02 Å². The lowest BCUT2D eigenvalue weighted by molar-refractivity contribution is -0.122. The van der Waals surface area contributed by atoms with E-state index < -0.39 is 0 Å². The van der Waals surface area contributed by atoms with Gasteiger partial charge in [-0.1, -0.05) is 48.0 Å². The third-order valence-electron chi connectivity index (χ3n) is 4.93. The lowest BCUT2D eigenvalue weighted by Crippen LogP contribution is -2.37. The lowest BCUT2D eigenvalue weighted by Gasteiger charge is -2.26. The molecule has 8 heteroatoms. The van der Waals surface area contributed by atoms with Crippen molar-refractivity contribution in [3.63, 3.8) is 0 Å². The Morgan fingerprint density at radius 2 is 1.87 bits per heavy atom. The van der Waals surface area contributed by atoms with E-state index in [9.17, 15) is 4.79 Å². The molecular weight excluding hydrogens is 445 g/mol. The molecule has 2 aromatic carbocycles. The summed E-state index contributed by atoms with van der Waals surface area (Å²) in [6, 6.07) is 16.3. The van der Waals surface area contributed by atoms with Gasteiger partial charge in [0.25, 0.3) is 5.91 Å². The van der Waals surface area contributed by atoms with E-state index in [0.29, 0.717) is 18.1 Å². The van der Waals surface area contributed by atoms with Crippen molar-refractivity contribution in [2.45, 2.75) is 19.5 Å². The fourth-order valence-corrected chi connectivity index (χ4v) is 3.71. The number of rotatable bonds is 4. The van der Waals surface area contributed by atoms with E-state index in [1.807, 2.05) is 29.2 Å². The molecule has 166 valence electrons. The molecule has 30 heavy (non-hydrogen) atoms. The second kappa shape index (κ2) is 13.9. The number of benzene rings is 2. The summed E-state index contributed by atoms with van der Waals surface area (Å²) in [5.74, 6) is -0.0418. The minimum Gasteiger partial charge on any atom is -0.375 e. The molecule has 0 aliphatic carbocycles. The maximum atomic E-state index is 12.7. The van der Waals surface area contributed by atoms with Gasteiger partial charge in [0.15, 0.2) is 0 Å². The van der Waals surface area contributed by atoms with E-state index in [0.717, 1.165) is 43.9 Å². The molecule has 0 saturated heterocycles. The zero-order valence-corrected chi connectivity index (χ0v) is 19.6. The summed E-state index contributed by atoms with van der Waals surface area (Å²) in [6.07, 6.45) is 0.883. The Labute approximate surface area is 196 Å². The molecule has 0 bridgehead atoms. The van der Waals surface area contributed by atoms with Gasteiger partial charge in [-0.25, -0.2) is 0 Å². The van der Waals surface area contributed by atoms with Crippen LogP contribution in [0.15, 0.2) is 48.5 Å². The Hall–Kier alpha value is -1.34. The quantitative estimate of drug-likeness (QED) is 0.723. The number of hydrogen-bond acceptors (Lipinski definition) is 4. The molecule has 3 rings (SSSR count). The summed E-state index contributed by atoms with van der Waals surface area (Å²) in [5, 5.41) is 4.15. The van der Waals surface area contributed by atoms with Crippen LogP contribution in [-0.2, 0) is 22.6 Å². The van der Waals surface area contributed by atoms with Crippen LogP contribution in [0.25, 0.3) is 0 Å². The summed E-state index contributed by atoms with van der Waals surface area (Å²) >= 11 is 6.24. The monoisotopic (exact) mass is 473 g/mol. The minimum absolute atomic E-state index is 0. The average Bonchev–Trinajstić information content (AvgIpc) is 2.73. The molecule has 2 aromatic rings. The number of methoxy groups -OCH3 is 1. The first-order valence-electron chi connectivity index (χ1n) is 9.72. The first kappa shape index (κ1) is 26.7. The van der Waals surface area contributed by atoms with Gasteiger partial charge in [-0.15, -0.1) is 24.8 Å². The number of nitrogens with zero attached hydrogens (tertiary/aromatic N) is 2. The average molecular weight is 475 g/mol. The lowest BCUT2D eigenvalue weighted by atomic mass is 10.1. The molecule has 1 amide bonds. The molecule has 1 N–H and O–H groups in total. The van der Waals surface area contributed by atoms with Crippen molar-refractivity contribution >= 4 is 48.0 Å². The highest BCUT2D eigenvalue weighted by Gasteiger charge is 2.20.